The quantitative estimate of drug-likeness (QED) is 0.510. The Morgan fingerprint density at radius 3 is 2.88 bits per heavy atom. The van der Waals surface area contributed by atoms with Crippen molar-refractivity contribution in [3.05, 3.63) is 74.8 Å². The van der Waals surface area contributed by atoms with E-state index in [1.165, 1.54) is 10.5 Å². The van der Waals surface area contributed by atoms with Gasteiger partial charge in [0.15, 0.2) is 5.65 Å². The molecule has 32 heavy (non-hydrogen) atoms. The van der Waals surface area contributed by atoms with Gasteiger partial charge >= 0.3 is 0 Å². The predicted molar refractivity (Wildman–Crippen MR) is 119 cm³/mol. The number of halogens is 2. The molecular formula is C22H20ClFN6O2. The van der Waals surface area contributed by atoms with E-state index >= 15 is 0 Å². The molecule has 10 heteroatoms. The van der Waals surface area contributed by atoms with Crippen LogP contribution in [-0.4, -0.2) is 44.3 Å². The SMILES string of the molecule is Cc1nc2c(-c3ccc(Cl)cc3F)nc(N3CCO[C@H](c4cn[nH]c4)C3)cn2c(=O)c1C. The number of H-pyrrole nitrogens is 1. The maximum atomic E-state index is 14.9. The lowest BCUT2D eigenvalue weighted by atomic mass is 10.1. The van der Waals surface area contributed by atoms with Gasteiger partial charge in [0.1, 0.15) is 23.4 Å². The summed E-state index contributed by atoms with van der Waals surface area (Å²) in [5.41, 5.74) is 2.61. The number of benzene rings is 1. The summed E-state index contributed by atoms with van der Waals surface area (Å²) in [6.45, 7) is 5.03. The van der Waals surface area contributed by atoms with Crippen LogP contribution >= 0.6 is 11.6 Å². The largest absolute Gasteiger partial charge is 0.370 e. The Hall–Kier alpha value is -3.30. The van der Waals surface area contributed by atoms with Crippen molar-refractivity contribution in [3.8, 4) is 11.3 Å². The van der Waals surface area contributed by atoms with Crippen LogP contribution in [0.3, 0.4) is 0 Å². The van der Waals surface area contributed by atoms with Gasteiger partial charge in [-0.05, 0) is 32.0 Å². The second kappa shape index (κ2) is 7.99. The van der Waals surface area contributed by atoms with E-state index in [-0.39, 0.29) is 27.9 Å². The molecule has 0 saturated carbocycles. The Labute approximate surface area is 187 Å². The molecule has 1 aliphatic rings. The zero-order chi connectivity index (χ0) is 22.4. The van der Waals surface area contributed by atoms with Gasteiger partial charge in [0, 0.05) is 40.1 Å². The summed E-state index contributed by atoms with van der Waals surface area (Å²) < 4.78 is 22.2. The Kier molecular flexibility index (Phi) is 5.15. The molecule has 1 saturated heterocycles. The topological polar surface area (TPSA) is 88.4 Å². The molecule has 164 valence electrons. The molecule has 0 amide bonds. The monoisotopic (exact) mass is 454 g/mol. The van der Waals surface area contributed by atoms with Crippen molar-refractivity contribution >= 4 is 23.1 Å². The van der Waals surface area contributed by atoms with E-state index in [4.69, 9.17) is 21.3 Å². The molecule has 0 aliphatic carbocycles. The van der Waals surface area contributed by atoms with Gasteiger partial charge in [0.05, 0.1) is 25.5 Å². The van der Waals surface area contributed by atoms with Crippen molar-refractivity contribution in [1.82, 2.24) is 24.6 Å². The minimum absolute atomic E-state index is 0.203. The van der Waals surface area contributed by atoms with E-state index in [1.807, 2.05) is 4.90 Å². The molecule has 1 aliphatic heterocycles. The van der Waals surface area contributed by atoms with Crippen LogP contribution in [0.25, 0.3) is 16.9 Å². The molecule has 3 aromatic heterocycles. The van der Waals surface area contributed by atoms with E-state index in [0.29, 0.717) is 42.4 Å². The Bertz CT molecular complexity index is 1370. The van der Waals surface area contributed by atoms with Crippen molar-refractivity contribution in [2.24, 2.45) is 0 Å². The fourth-order valence-corrected chi connectivity index (χ4v) is 3.99. The minimum atomic E-state index is -0.533. The van der Waals surface area contributed by atoms with Gasteiger partial charge in [-0.2, -0.15) is 5.10 Å². The Morgan fingerprint density at radius 2 is 2.12 bits per heavy atom. The summed E-state index contributed by atoms with van der Waals surface area (Å²) in [7, 11) is 0. The number of aromatic nitrogens is 5. The number of hydrogen-bond donors (Lipinski definition) is 1. The average Bonchev–Trinajstić information content (AvgIpc) is 3.33. The fourth-order valence-electron chi connectivity index (χ4n) is 3.83. The highest BCUT2D eigenvalue weighted by Crippen LogP contribution is 2.30. The minimum Gasteiger partial charge on any atom is -0.370 e. The van der Waals surface area contributed by atoms with Crippen LogP contribution in [-0.2, 0) is 4.74 Å². The lowest BCUT2D eigenvalue weighted by Gasteiger charge is -2.33. The third-order valence-corrected chi connectivity index (χ3v) is 5.97. The lowest BCUT2D eigenvalue weighted by Crippen LogP contribution is -2.39. The van der Waals surface area contributed by atoms with E-state index in [2.05, 4.69) is 15.2 Å². The van der Waals surface area contributed by atoms with Crippen molar-refractivity contribution in [2.45, 2.75) is 20.0 Å². The van der Waals surface area contributed by atoms with Crippen molar-refractivity contribution < 1.29 is 9.13 Å². The second-order valence-corrected chi connectivity index (χ2v) is 8.17. The standard InChI is InChI=1S/C22H20ClFN6O2/c1-12-13(2)27-21-20(16-4-3-15(23)7-17(16)24)28-19(11-30(21)22(12)31)29-5-6-32-18(10-29)14-8-25-26-9-14/h3-4,7-9,11,18H,5-6,10H2,1-2H3,(H,25,26)/t18-/m0/s1. The number of aryl methyl sites for hydroxylation is 1. The van der Waals surface area contributed by atoms with Gasteiger partial charge in [0.2, 0.25) is 0 Å². The normalized spacial score (nSPS) is 16.6. The van der Waals surface area contributed by atoms with Crippen LogP contribution in [0.2, 0.25) is 5.02 Å². The van der Waals surface area contributed by atoms with Crippen molar-refractivity contribution in [1.29, 1.82) is 0 Å². The summed E-state index contributed by atoms with van der Waals surface area (Å²) in [5.74, 6) is 0.000533. The lowest BCUT2D eigenvalue weighted by molar-refractivity contribution is 0.0395. The molecular weight excluding hydrogens is 435 g/mol. The van der Waals surface area contributed by atoms with Crippen molar-refractivity contribution in [2.75, 3.05) is 24.6 Å². The Morgan fingerprint density at radius 1 is 1.28 bits per heavy atom. The molecule has 4 heterocycles. The summed E-state index contributed by atoms with van der Waals surface area (Å²) in [5, 5.41) is 7.06. The van der Waals surface area contributed by atoms with Crippen LogP contribution < -0.4 is 10.5 Å². The van der Waals surface area contributed by atoms with E-state index in [9.17, 15) is 9.18 Å². The van der Waals surface area contributed by atoms with Gasteiger partial charge in [-0.3, -0.25) is 14.3 Å². The molecule has 0 spiro atoms. The third-order valence-electron chi connectivity index (χ3n) is 5.73. The molecule has 1 fully saturated rings. The number of anilines is 1. The number of aromatic amines is 1. The first kappa shape index (κ1) is 20.6. The number of nitrogens with zero attached hydrogens (tertiary/aromatic N) is 5. The van der Waals surface area contributed by atoms with Crippen LogP contribution in [0, 0.1) is 19.7 Å². The van der Waals surface area contributed by atoms with Crippen LogP contribution in [0.4, 0.5) is 10.2 Å². The molecule has 1 N–H and O–H groups in total. The molecule has 5 rings (SSSR count). The summed E-state index contributed by atoms with van der Waals surface area (Å²) in [6, 6.07) is 4.37. The molecule has 0 unspecified atom stereocenters. The van der Waals surface area contributed by atoms with Crippen molar-refractivity contribution in [3.63, 3.8) is 0 Å². The zero-order valence-electron chi connectivity index (χ0n) is 17.5. The number of morpholine rings is 1. The fraction of sp³-hybridized carbons (Fsp3) is 0.273. The molecule has 1 atom stereocenters. The molecule has 0 radical (unpaired) electrons. The number of rotatable bonds is 3. The third kappa shape index (κ3) is 3.53. The summed E-state index contributed by atoms with van der Waals surface area (Å²) in [6.07, 6.45) is 4.96. The van der Waals surface area contributed by atoms with Gasteiger partial charge < -0.3 is 9.64 Å². The highest BCUT2D eigenvalue weighted by Gasteiger charge is 2.26. The number of ether oxygens (including phenoxy) is 1. The number of hydrogen-bond acceptors (Lipinski definition) is 6. The second-order valence-electron chi connectivity index (χ2n) is 7.73. The maximum Gasteiger partial charge on any atom is 0.261 e. The number of nitrogens with one attached hydrogen (secondary N) is 1. The van der Waals surface area contributed by atoms with Crippen LogP contribution in [0.5, 0.6) is 0 Å². The summed E-state index contributed by atoms with van der Waals surface area (Å²) >= 11 is 5.95. The zero-order valence-corrected chi connectivity index (χ0v) is 18.2. The van der Waals surface area contributed by atoms with Crippen LogP contribution in [0.15, 0.2) is 41.6 Å². The average molecular weight is 455 g/mol. The number of fused-ring (bicyclic) bond motifs is 1. The highest BCUT2D eigenvalue weighted by atomic mass is 35.5. The first-order chi connectivity index (χ1) is 15.4. The van der Waals surface area contributed by atoms with E-state index in [1.54, 1.807) is 44.6 Å². The Balaban J connectivity index is 1.69. The van der Waals surface area contributed by atoms with E-state index in [0.717, 1.165) is 5.56 Å². The molecule has 8 nitrogen and oxygen atoms in total. The summed E-state index contributed by atoms with van der Waals surface area (Å²) in [4.78, 5) is 24.4. The first-order valence-corrected chi connectivity index (χ1v) is 10.5. The van der Waals surface area contributed by atoms with Crippen LogP contribution in [0.1, 0.15) is 22.9 Å². The molecule has 1 aromatic carbocycles. The maximum absolute atomic E-state index is 14.9. The van der Waals surface area contributed by atoms with E-state index < -0.39 is 5.82 Å². The van der Waals surface area contributed by atoms with Gasteiger partial charge in [0.25, 0.3) is 5.56 Å². The first-order valence-electron chi connectivity index (χ1n) is 10.1. The van der Waals surface area contributed by atoms with Gasteiger partial charge in [-0.15, -0.1) is 0 Å². The predicted octanol–water partition coefficient (Wildman–Crippen LogP) is 3.47. The molecule has 4 aromatic rings. The smallest absolute Gasteiger partial charge is 0.261 e. The van der Waals surface area contributed by atoms with Gasteiger partial charge in [-0.1, -0.05) is 11.6 Å². The highest BCUT2D eigenvalue weighted by molar-refractivity contribution is 6.30. The molecule has 0 bridgehead atoms. The van der Waals surface area contributed by atoms with Gasteiger partial charge in [-0.25, -0.2) is 14.4 Å².